The molecule has 0 saturated carbocycles. The van der Waals surface area contributed by atoms with Gasteiger partial charge < -0.3 is 9.63 Å². The number of aryl methyl sites for hydroxylation is 1. The van der Waals surface area contributed by atoms with Gasteiger partial charge in [-0.3, -0.25) is 9.69 Å². The van der Waals surface area contributed by atoms with Gasteiger partial charge in [0.2, 0.25) is 0 Å². The van der Waals surface area contributed by atoms with Crippen molar-refractivity contribution in [3.63, 3.8) is 0 Å². The van der Waals surface area contributed by atoms with Crippen LogP contribution in [-0.2, 0) is 11.3 Å². The third-order valence-electron chi connectivity index (χ3n) is 3.36. The number of hydrogen-bond donors (Lipinski definition) is 1. The molecule has 0 aliphatic carbocycles. The monoisotopic (exact) mass is 278 g/mol. The topological polar surface area (TPSA) is 66.6 Å². The molecule has 1 saturated heterocycles. The van der Waals surface area contributed by atoms with Gasteiger partial charge in [0.05, 0.1) is 5.69 Å². The normalized spacial score (nSPS) is 24.8. The van der Waals surface area contributed by atoms with E-state index in [1.807, 2.05) is 0 Å². The van der Waals surface area contributed by atoms with Gasteiger partial charge in [-0.05, 0) is 13.3 Å². The fraction of sp³-hybridized carbons (Fsp3) is 0.636. The second-order valence-electron chi connectivity index (χ2n) is 4.77. The van der Waals surface area contributed by atoms with Crippen LogP contribution in [0.1, 0.15) is 17.9 Å². The quantitative estimate of drug-likeness (QED) is 0.913. The Bertz CT molecular complexity index is 486. The molecule has 0 aromatic carbocycles. The van der Waals surface area contributed by atoms with Gasteiger partial charge in [-0.2, -0.15) is 13.2 Å². The molecule has 2 rings (SSSR count). The molecule has 1 N–H and O–H groups in total. The Kier molecular flexibility index (Phi) is 3.29. The van der Waals surface area contributed by atoms with E-state index in [1.165, 1.54) is 4.90 Å². The third-order valence-corrected chi connectivity index (χ3v) is 3.36. The first-order chi connectivity index (χ1) is 8.74. The van der Waals surface area contributed by atoms with Gasteiger partial charge in [-0.25, -0.2) is 0 Å². The lowest BCUT2D eigenvalue weighted by Gasteiger charge is -2.27. The third kappa shape index (κ3) is 2.44. The first-order valence-electron chi connectivity index (χ1n) is 5.69. The van der Waals surface area contributed by atoms with E-state index >= 15 is 0 Å². The van der Waals surface area contributed by atoms with Crippen LogP contribution >= 0.6 is 0 Å². The van der Waals surface area contributed by atoms with Crippen molar-refractivity contribution in [3.8, 4) is 0 Å². The van der Waals surface area contributed by atoms with Crippen molar-refractivity contribution in [1.82, 2.24) is 10.1 Å². The summed E-state index contributed by atoms with van der Waals surface area (Å²) in [5, 5.41) is 12.6. The number of halogens is 3. The molecule has 1 fully saturated rings. The minimum atomic E-state index is -4.76. The van der Waals surface area contributed by atoms with E-state index in [0.29, 0.717) is 11.5 Å². The maximum absolute atomic E-state index is 12.9. The van der Waals surface area contributed by atoms with Gasteiger partial charge >= 0.3 is 12.1 Å². The molecule has 1 unspecified atom stereocenters. The SMILES string of the molecule is Cc1cc(CN2CCC(C(=O)O)(C(F)(F)F)C2)no1. The molecule has 2 heterocycles. The molecule has 5 nitrogen and oxygen atoms in total. The molecule has 1 atom stereocenters. The number of likely N-dealkylation sites (tertiary alicyclic amines) is 1. The van der Waals surface area contributed by atoms with Crippen LogP contribution in [0, 0.1) is 12.3 Å². The Balaban J connectivity index is 2.11. The van der Waals surface area contributed by atoms with Crippen LogP contribution in [-0.4, -0.2) is 40.4 Å². The highest BCUT2D eigenvalue weighted by atomic mass is 19.4. The summed E-state index contributed by atoms with van der Waals surface area (Å²) in [6.07, 6.45) is -5.20. The number of nitrogens with zero attached hydrogens (tertiary/aromatic N) is 2. The van der Waals surface area contributed by atoms with Gasteiger partial charge in [0.25, 0.3) is 0 Å². The van der Waals surface area contributed by atoms with Crippen molar-refractivity contribution in [3.05, 3.63) is 17.5 Å². The Morgan fingerprint density at radius 3 is 2.74 bits per heavy atom. The van der Waals surface area contributed by atoms with Crippen LogP contribution in [0.3, 0.4) is 0 Å². The highest BCUT2D eigenvalue weighted by Gasteiger charge is 2.63. The number of alkyl halides is 3. The lowest BCUT2D eigenvalue weighted by atomic mass is 9.86. The Morgan fingerprint density at radius 2 is 2.32 bits per heavy atom. The maximum Gasteiger partial charge on any atom is 0.406 e. The van der Waals surface area contributed by atoms with E-state index in [0.717, 1.165) is 0 Å². The summed E-state index contributed by atoms with van der Waals surface area (Å²) in [7, 11) is 0. The predicted octanol–water partition coefficient (Wildman–Crippen LogP) is 1.82. The Labute approximate surface area is 107 Å². The lowest BCUT2D eigenvalue weighted by Crippen LogP contribution is -2.47. The summed E-state index contributed by atoms with van der Waals surface area (Å²) in [4.78, 5) is 12.4. The van der Waals surface area contributed by atoms with E-state index in [4.69, 9.17) is 9.63 Å². The summed E-state index contributed by atoms with van der Waals surface area (Å²) < 4.78 is 43.7. The largest absolute Gasteiger partial charge is 0.481 e. The van der Waals surface area contributed by atoms with E-state index in [-0.39, 0.29) is 13.1 Å². The maximum atomic E-state index is 12.9. The molecular weight excluding hydrogens is 265 g/mol. The molecule has 1 aromatic heterocycles. The fourth-order valence-corrected chi connectivity index (χ4v) is 2.27. The molecule has 1 aliphatic rings. The van der Waals surface area contributed by atoms with Crippen molar-refractivity contribution >= 4 is 5.97 Å². The fourth-order valence-electron chi connectivity index (χ4n) is 2.27. The average Bonchev–Trinajstić information content (AvgIpc) is 2.85. The summed E-state index contributed by atoms with van der Waals surface area (Å²) in [5.74, 6) is -1.26. The minimum absolute atomic E-state index is 0.0672. The molecule has 0 radical (unpaired) electrons. The van der Waals surface area contributed by atoms with Crippen LogP contribution in [0.5, 0.6) is 0 Å². The van der Waals surface area contributed by atoms with Crippen LogP contribution in [0.4, 0.5) is 13.2 Å². The molecule has 1 aliphatic heterocycles. The summed E-state index contributed by atoms with van der Waals surface area (Å²) in [6.45, 7) is 1.34. The van der Waals surface area contributed by atoms with Gasteiger partial charge in [0, 0.05) is 25.7 Å². The van der Waals surface area contributed by atoms with Crippen LogP contribution < -0.4 is 0 Å². The molecular formula is C11H13F3N2O3. The van der Waals surface area contributed by atoms with Crippen LogP contribution in [0.25, 0.3) is 0 Å². The number of aromatic nitrogens is 1. The molecule has 1 aromatic rings. The first kappa shape index (κ1) is 13.9. The smallest absolute Gasteiger partial charge is 0.406 e. The summed E-state index contributed by atoms with van der Waals surface area (Å²) in [6, 6.07) is 1.62. The van der Waals surface area contributed by atoms with E-state index in [2.05, 4.69) is 5.16 Å². The number of carbonyl (C=O) groups is 1. The first-order valence-corrected chi connectivity index (χ1v) is 5.69. The molecule has 106 valence electrons. The van der Waals surface area contributed by atoms with Crippen molar-refractivity contribution < 1.29 is 27.6 Å². The zero-order chi connectivity index (χ0) is 14.3. The number of carboxylic acid groups (broad SMARTS) is 1. The second-order valence-corrected chi connectivity index (χ2v) is 4.77. The number of carboxylic acids is 1. The summed E-state index contributed by atoms with van der Waals surface area (Å²) in [5.41, 5.74) is -2.17. The number of rotatable bonds is 3. The van der Waals surface area contributed by atoms with Gasteiger partial charge in [0.15, 0.2) is 5.41 Å². The molecule has 0 spiro atoms. The highest BCUT2D eigenvalue weighted by molar-refractivity contribution is 5.76. The van der Waals surface area contributed by atoms with Crippen molar-refractivity contribution in [2.75, 3.05) is 13.1 Å². The van der Waals surface area contributed by atoms with Gasteiger partial charge in [0.1, 0.15) is 5.76 Å². The standard InChI is InChI=1S/C11H13F3N2O3/c1-7-4-8(15-19-7)5-16-3-2-10(6-16,9(17)18)11(12,13)14/h4H,2-3,5-6H2,1H3,(H,17,18). The van der Waals surface area contributed by atoms with Crippen molar-refractivity contribution in [1.29, 1.82) is 0 Å². The van der Waals surface area contributed by atoms with E-state index in [9.17, 15) is 18.0 Å². The number of aliphatic carboxylic acids is 1. The van der Waals surface area contributed by atoms with Crippen LogP contribution in [0.15, 0.2) is 10.6 Å². The molecule has 0 bridgehead atoms. The Morgan fingerprint density at radius 1 is 1.63 bits per heavy atom. The average molecular weight is 278 g/mol. The molecule has 0 amide bonds. The van der Waals surface area contributed by atoms with Crippen molar-refractivity contribution in [2.24, 2.45) is 5.41 Å². The second kappa shape index (κ2) is 4.52. The van der Waals surface area contributed by atoms with Gasteiger partial charge in [-0.1, -0.05) is 5.16 Å². The predicted molar refractivity (Wildman–Crippen MR) is 57.3 cm³/mol. The van der Waals surface area contributed by atoms with E-state index in [1.54, 1.807) is 13.0 Å². The minimum Gasteiger partial charge on any atom is -0.481 e. The van der Waals surface area contributed by atoms with Crippen molar-refractivity contribution in [2.45, 2.75) is 26.1 Å². The Hall–Kier alpha value is -1.57. The number of hydrogen-bond acceptors (Lipinski definition) is 4. The van der Waals surface area contributed by atoms with E-state index < -0.39 is 30.5 Å². The summed E-state index contributed by atoms with van der Waals surface area (Å²) >= 11 is 0. The zero-order valence-corrected chi connectivity index (χ0v) is 10.2. The molecule has 8 heteroatoms. The highest BCUT2D eigenvalue weighted by Crippen LogP contribution is 2.45. The molecule has 19 heavy (non-hydrogen) atoms. The zero-order valence-electron chi connectivity index (χ0n) is 10.2. The lowest BCUT2D eigenvalue weighted by molar-refractivity contribution is -0.227. The van der Waals surface area contributed by atoms with Crippen LogP contribution in [0.2, 0.25) is 0 Å². The van der Waals surface area contributed by atoms with Gasteiger partial charge in [-0.15, -0.1) is 0 Å².